The molecule has 3 saturated carbocycles. The van der Waals surface area contributed by atoms with Gasteiger partial charge < -0.3 is 15.1 Å². The molecule has 1 saturated heterocycles. The molecule has 34 heavy (non-hydrogen) atoms. The van der Waals surface area contributed by atoms with Crippen molar-refractivity contribution in [3.63, 3.8) is 0 Å². The number of rotatable bonds is 5. The monoisotopic (exact) mass is 469 g/mol. The molecule has 2 N–H and O–H groups in total. The van der Waals surface area contributed by atoms with Crippen LogP contribution in [0.15, 0.2) is 35.5 Å². The smallest absolute Gasteiger partial charge is 0.228 e. The fourth-order valence-electron chi connectivity index (χ4n) is 7.67. The molecule has 190 valence electrons. The van der Waals surface area contributed by atoms with Gasteiger partial charge >= 0.3 is 0 Å². The van der Waals surface area contributed by atoms with Crippen molar-refractivity contribution in [2.24, 2.45) is 28.6 Å². The number of allylic oxidation sites excluding steroid dienone is 3. The van der Waals surface area contributed by atoms with Crippen LogP contribution in [-0.4, -0.2) is 46.3 Å². The number of hydrogen-bond acceptors (Lipinski definition) is 3. The van der Waals surface area contributed by atoms with Gasteiger partial charge in [0.1, 0.15) is 0 Å². The van der Waals surface area contributed by atoms with Crippen LogP contribution < -0.4 is 0 Å². The molecular formula is C30H47NO3. The van der Waals surface area contributed by atoms with Crippen molar-refractivity contribution >= 4 is 5.91 Å². The van der Waals surface area contributed by atoms with E-state index in [4.69, 9.17) is 0 Å². The Bertz CT molecular complexity index is 855. The quantitative estimate of drug-likeness (QED) is 0.535. The first-order valence-electron chi connectivity index (χ1n) is 13.8. The summed E-state index contributed by atoms with van der Waals surface area (Å²) in [6.07, 6.45) is 13.9. The Balaban J connectivity index is 1.46. The molecule has 0 spiro atoms. The predicted molar refractivity (Wildman–Crippen MR) is 138 cm³/mol. The van der Waals surface area contributed by atoms with E-state index >= 15 is 0 Å². The van der Waals surface area contributed by atoms with E-state index in [0.29, 0.717) is 41.9 Å². The third-order valence-corrected chi connectivity index (χ3v) is 9.97. The van der Waals surface area contributed by atoms with Gasteiger partial charge in [-0.2, -0.15) is 0 Å². The highest BCUT2D eigenvalue weighted by atomic mass is 16.3. The van der Waals surface area contributed by atoms with Crippen LogP contribution in [0, 0.1) is 28.6 Å². The lowest BCUT2D eigenvalue weighted by atomic mass is 9.65. The lowest BCUT2D eigenvalue weighted by molar-refractivity contribution is -0.134. The average Bonchev–Trinajstić information content (AvgIpc) is 3.19. The van der Waals surface area contributed by atoms with Gasteiger partial charge in [0, 0.05) is 24.9 Å². The summed E-state index contributed by atoms with van der Waals surface area (Å²) in [6, 6.07) is 0. The predicted octanol–water partition coefficient (Wildman–Crippen LogP) is 5.80. The molecule has 3 aliphatic carbocycles. The number of likely N-dealkylation sites (tertiary alicyclic amines) is 1. The van der Waals surface area contributed by atoms with Crippen molar-refractivity contribution in [3.8, 4) is 0 Å². The van der Waals surface area contributed by atoms with Crippen LogP contribution in [0.2, 0.25) is 0 Å². The van der Waals surface area contributed by atoms with Crippen LogP contribution in [0.1, 0.15) is 91.9 Å². The van der Waals surface area contributed by atoms with Crippen LogP contribution in [0.4, 0.5) is 0 Å². The molecule has 4 fully saturated rings. The van der Waals surface area contributed by atoms with Crippen molar-refractivity contribution < 1.29 is 15.0 Å². The molecule has 0 aromatic heterocycles. The molecule has 1 unspecified atom stereocenters. The van der Waals surface area contributed by atoms with Gasteiger partial charge in [-0.05, 0) is 85.7 Å². The molecule has 1 amide bonds. The molecule has 6 atom stereocenters. The summed E-state index contributed by atoms with van der Waals surface area (Å²) in [6.45, 7) is 15.0. The number of carbonyl (C=O) groups excluding carboxylic acids is 1. The highest BCUT2D eigenvalue weighted by molar-refractivity contribution is 5.83. The van der Waals surface area contributed by atoms with Crippen LogP contribution >= 0.6 is 0 Å². The molecule has 0 bridgehead atoms. The maximum absolute atomic E-state index is 12.7. The third kappa shape index (κ3) is 4.95. The Morgan fingerprint density at radius 1 is 1.15 bits per heavy atom. The van der Waals surface area contributed by atoms with Crippen molar-refractivity contribution in [2.75, 3.05) is 13.1 Å². The standard InChI is InChI=1S/C30H47NO3/c1-20(13-16-31-17-15-29(3,4)28(31)34)25-11-12-26-22(8-6-7-14-30(25,26)5)9-10-23-18-24(32)19-27(33)21(23)2/h9-10,20,24-27,32-33H,2,6-8,11-19H2,1,3-5H3/b22-9+,23-10-/t20-,24-,25-,26+,27?,30-/m1/s1. The zero-order chi connectivity index (χ0) is 24.7. The summed E-state index contributed by atoms with van der Waals surface area (Å²) in [4.78, 5) is 14.8. The number of hydrogen-bond donors (Lipinski definition) is 2. The Morgan fingerprint density at radius 3 is 2.62 bits per heavy atom. The van der Waals surface area contributed by atoms with Crippen molar-refractivity contribution in [1.82, 2.24) is 4.90 Å². The van der Waals surface area contributed by atoms with Gasteiger partial charge in [-0.1, -0.05) is 58.4 Å². The first-order chi connectivity index (χ1) is 16.0. The lowest BCUT2D eigenvalue weighted by Gasteiger charge is -2.40. The van der Waals surface area contributed by atoms with Gasteiger partial charge in [0.2, 0.25) is 5.91 Å². The van der Waals surface area contributed by atoms with Gasteiger partial charge in [0.25, 0.3) is 0 Å². The van der Waals surface area contributed by atoms with Crippen LogP contribution in [0.3, 0.4) is 0 Å². The molecule has 0 aromatic carbocycles. The van der Waals surface area contributed by atoms with Gasteiger partial charge in [-0.25, -0.2) is 0 Å². The van der Waals surface area contributed by atoms with Gasteiger partial charge in [-0.15, -0.1) is 0 Å². The fraction of sp³-hybridized carbons (Fsp3) is 0.767. The molecule has 1 heterocycles. The van der Waals surface area contributed by atoms with Gasteiger partial charge in [-0.3, -0.25) is 4.79 Å². The van der Waals surface area contributed by atoms with Crippen LogP contribution in [0.25, 0.3) is 0 Å². The lowest BCUT2D eigenvalue weighted by Crippen LogP contribution is -2.36. The van der Waals surface area contributed by atoms with Crippen molar-refractivity contribution in [1.29, 1.82) is 0 Å². The van der Waals surface area contributed by atoms with E-state index in [2.05, 4.69) is 51.3 Å². The number of fused-ring (bicyclic) bond motifs is 1. The second-order valence-corrected chi connectivity index (χ2v) is 12.7. The maximum Gasteiger partial charge on any atom is 0.228 e. The van der Waals surface area contributed by atoms with E-state index in [1.54, 1.807) is 5.57 Å². The molecule has 0 radical (unpaired) electrons. The molecular weight excluding hydrogens is 422 g/mol. The molecule has 1 aliphatic heterocycles. The Morgan fingerprint density at radius 2 is 1.91 bits per heavy atom. The van der Waals surface area contributed by atoms with E-state index < -0.39 is 12.2 Å². The second kappa shape index (κ2) is 9.93. The molecule has 4 rings (SSSR count). The fourth-order valence-corrected chi connectivity index (χ4v) is 7.67. The van der Waals surface area contributed by atoms with Crippen LogP contribution in [-0.2, 0) is 4.79 Å². The highest BCUT2D eigenvalue weighted by Gasteiger charge is 2.50. The van der Waals surface area contributed by atoms with E-state index in [1.165, 1.54) is 32.1 Å². The Hall–Kier alpha value is -1.39. The SMILES string of the molecule is C=C1/C(=C\C=C2/CCCC[C@]3(C)[C@@H]([C@H](C)CCN4CCC(C)(C)C4=O)CC[C@@H]23)C[C@@H](O)CC1O. The van der Waals surface area contributed by atoms with Crippen molar-refractivity contribution in [2.45, 2.75) is 104 Å². The van der Waals surface area contributed by atoms with E-state index in [0.717, 1.165) is 43.5 Å². The number of nitrogens with zero attached hydrogens (tertiary/aromatic N) is 1. The third-order valence-electron chi connectivity index (χ3n) is 9.97. The van der Waals surface area contributed by atoms with Gasteiger partial charge in [0.15, 0.2) is 0 Å². The number of aliphatic hydroxyl groups excluding tert-OH is 2. The summed E-state index contributed by atoms with van der Waals surface area (Å²) >= 11 is 0. The molecule has 4 heteroatoms. The van der Waals surface area contributed by atoms with E-state index in [9.17, 15) is 15.0 Å². The molecule has 4 aliphatic rings. The summed E-state index contributed by atoms with van der Waals surface area (Å²) in [7, 11) is 0. The number of aliphatic hydroxyl groups is 2. The van der Waals surface area contributed by atoms with Crippen LogP contribution in [0.5, 0.6) is 0 Å². The maximum atomic E-state index is 12.7. The number of amides is 1. The summed E-state index contributed by atoms with van der Waals surface area (Å²) in [5.74, 6) is 2.26. The summed E-state index contributed by atoms with van der Waals surface area (Å²) in [5.41, 5.74) is 3.47. The highest BCUT2D eigenvalue weighted by Crippen LogP contribution is 2.58. The molecule has 4 nitrogen and oxygen atoms in total. The number of carbonyl (C=O) groups is 1. The second-order valence-electron chi connectivity index (χ2n) is 12.7. The summed E-state index contributed by atoms with van der Waals surface area (Å²) in [5, 5.41) is 20.3. The Labute approximate surface area is 207 Å². The first kappa shape index (κ1) is 25.7. The topological polar surface area (TPSA) is 60.8 Å². The van der Waals surface area contributed by atoms with Gasteiger partial charge in [0.05, 0.1) is 12.2 Å². The normalized spacial score (nSPS) is 39.5. The largest absolute Gasteiger partial charge is 0.393 e. The minimum atomic E-state index is -0.627. The molecule has 0 aromatic rings. The van der Waals surface area contributed by atoms with E-state index in [-0.39, 0.29) is 5.41 Å². The van der Waals surface area contributed by atoms with Crippen molar-refractivity contribution in [3.05, 3.63) is 35.5 Å². The average molecular weight is 470 g/mol. The zero-order valence-corrected chi connectivity index (χ0v) is 22.0. The summed E-state index contributed by atoms with van der Waals surface area (Å²) < 4.78 is 0. The van der Waals surface area contributed by atoms with E-state index in [1.807, 2.05) is 0 Å². The zero-order valence-electron chi connectivity index (χ0n) is 22.0. The Kier molecular flexibility index (Phi) is 7.51. The minimum absolute atomic E-state index is 0.182. The first-order valence-corrected chi connectivity index (χ1v) is 13.8. The minimum Gasteiger partial charge on any atom is -0.393 e.